The summed E-state index contributed by atoms with van der Waals surface area (Å²) in [7, 11) is 0. The van der Waals surface area contributed by atoms with Crippen molar-refractivity contribution in [3.8, 4) is 0 Å². The van der Waals surface area contributed by atoms with E-state index in [1.54, 1.807) is 0 Å². The van der Waals surface area contributed by atoms with Crippen molar-refractivity contribution >= 4 is 0 Å². The smallest absolute Gasteiger partial charge is 0.0804 e. The largest absolute Gasteiger partial charge is 0.374 e. The average molecular weight is 269 g/mol. The molecule has 0 radical (unpaired) electrons. The summed E-state index contributed by atoms with van der Waals surface area (Å²) in [6.07, 6.45) is 10.8. The predicted molar refractivity (Wildman–Crippen MR) is 83.6 cm³/mol. The summed E-state index contributed by atoms with van der Waals surface area (Å²) < 4.78 is 6.12. The highest BCUT2D eigenvalue weighted by Crippen LogP contribution is 2.32. The lowest BCUT2D eigenvalue weighted by molar-refractivity contribution is -0.0611. The Balaban J connectivity index is 2.62. The van der Waals surface area contributed by atoms with Gasteiger partial charge in [0.25, 0.3) is 0 Å². The first-order valence-electron chi connectivity index (χ1n) is 8.53. The Kier molecular flexibility index (Phi) is 8.01. The van der Waals surface area contributed by atoms with E-state index in [-0.39, 0.29) is 5.60 Å². The Bertz CT molecular complexity index is 225. The second kappa shape index (κ2) is 8.97. The first-order chi connectivity index (χ1) is 9.16. The van der Waals surface area contributed by atoms with Gasteiger partial charge in [0.2, 0.25) is 0 Å². The topological polar surface area (TPSA) is 21.3 Å². The summed E-state index contributed by atoms with van der Waals surface area (Å²) in [5.41, 5.74) is 0.00136. The van der Waals surface area contributed by atoms with Gasteiger partial charge >= 0.3 is 0 Å². The van der Waals surface area contributed by atoms with E-state index >= 15 is 0 Å². The molecule has 1 fully saturated rings. The summed E-state index contributed by atoms with van der Waals surface area (Å²) in [5, 5.41) is 3.77. The van der Waals surface area contributed by atoms with Crippen LogP contribution in [-0.2, 0) is 4.74 Å². The molecule has 0 spiro atoms. The zero-order valence-electron chi connectivity index (χ0n) is 13.6. The number of rotatable bonds is 9. The molecule has 0 aromatic rings. The molecule has 0 amide bonds. The number of ether oxygens (including phenoxy) is 1. The molecule has 114 valence electrons. The fourth-order valence-corrected chi connectivity index (χ4v) is 3.40. The summed E-state index contributed by atoms with van der Waals surface area (Å²) in [5.74, 6) is 0.912. The molecule has 0 saturated heterocycles. The van der Waals surface area contributed by atoms with E-state index in [1.807, 2.05) is 0 Å². The predicted octanol–water partition coefficient (Wildman–Crippen LogP) is 4.53. The third-order valence-corrected chi connectivity index (χ3v) is 4.85. The minimum atomic E-state index is 0.00136. The maximum Gasteiger partial charge on any atom is 0.0804 e. The van der Waals surface area contributed by atoms with E-state index in [2.05, 4.69) is 33.0 Å². The normalized spacial score (nSPS) is 22.1. The maximum absolute atomic E-state index is 6.12. The molecule has 1 aliphatic rings. The van der Waals surface area contributed by atoms with E-state index in [1.165, 1.54) is 44.9 Å². The summed E-state index contributed by atoms with van der Waals surface area (Å²) in [4.78, 5) is 0. The third-order valence-electron chi connectivity index (χ3n) is 4.85. The molecule has 1 aliphatic carbocycles. The van der Waals surface area contributed by atoms with Crippen LogP contribution in [0.5, 0.6) is 0 Å². The molecule has 0 aromatic carbocycles. The molecule has 1 saturated carbocycles. The van der Waals surface area contributed by atoms with E-state index in [0.717, 1.165) is 25.5 Å². The quantitative estimate of drug-likeness (QED) is 0.664. The molecule has 0 aliphatic heterocycles. The van der Waals surface area contributed by atoms with Gasteiger partial charge in [0.15, 0.2) is 0 Å². The van der Waals surface area contributed by atoms with Gasteiger partial charge in [-0.1, -0.05) is 46.0 Å². The minimum absolute atomic E-state index is 0.00136. The highest BCUT2D eigenvalue weighted by molar-refractivity contribution is 4.90. The summed E-state index contributed by atoms with van der Waals surface area (Å²) in [6.45, 7) is 10.9. The lowest BCUT2D eigenvalue weighted by Gasteiger charge is -2.40. The van der Waals surface area contributed by atoms with Crippen LogP contribution in [0.2, 0.25) is 0 Å². The van der Waals surface area contributed by atoms with Gasteiger partial charge in [-0.3, -0.25) is 0 Å². The molecule has 2 atom stereocenters. The van der Waals surface area contributed by atoms with Crippen molar-refractivity contribution in [2.24, 2.45) is 5.92 Å². The van der Waals surface area contributed by atoms with Crippen LogP contribution < -0.4 is 5.32 Å². The van der Waals surface area contributed by atoms with Crippen molar-refractivity contribution in [3.05, 3.63) is 0 Å². The second-order valence-electron chi connectivity index (χ2n) is 6.35. The summed E-state index contributed by atoms with van der Waals surface area (Å²) >= 11 is 0. The highest BCUT2D eigenvalue weighted by atomic mass is 16.5. The van der Waals surface area contributed by atoms with E-state index in [4.69, 9.17) is 4.74 Å². The minimum Gasteiger partial charge on any atom is -0.374 e. The van der Waals surface area contributed by atoms with Crippen molar-refractivity contribution in [1.82, 2.24) is 5.32 Å². The van der Waals surface area contributed by atoms with E-state index in [0.29, 0.717) is 6.04 Å². The molecule has 2 heteroatoms. The van der Waals surface area contributed by atoms with Gasteiger partial charge in [-0.25, -0.2) is 0 Å². The fourth-order valence-electron chi connectivity index (χ4n) is 3.40. The van der Waals surface area contributed by atoms with Gasteiger partial charge in [-0.15, -0.1) is 0 Å². The van der Waals surface area contributed by atoms with Crippen molar-refractivity contribution in [1.29, 1.82) is 0 Å². The van der Waals surface area contributed by atoms with Crippen LogP contribution in [0.1, 0.15) is 79.1 Å². The molecule has 19 heavy (non-hydrogen) atoms. The lowest BCUT2D eigenvalue weighted by atomic mass is 9.79. The van der Waals surface area contributed by atoms with Crippen molar-refractivity contribution in [2.45, 2.75) is 90.7 Å². The molecular formula is C17H35NO. The van der Waals surface area contributed by atoms with Gasteiger partial charge in [0.1, 0.15) is 0 Å². The Hall–Kier alpha value is -0.0800. The van der Waals surface area contributed by atoms with E-state index < -0.39 is 0 Å². The van der Waals surface area contributed by atoms with Crippen LogP contribution >= 0.6 is 0 Å². The highest BCUT2D eigenvalue weighted by Gasteiger charge is 2.34. The molecule has 2 unspecified atom stereocenters. The molecule has 0 aromatic heterocycles. The Labute approximate surface area is 120 Å². The molecule has 2 nitrogen and oxygen atoms in total. The molecular weight excluding hydrogens is 234 g/mol. The Morgan fingerprint density at radius 1 is 1.16 bits per heavy atom. The molecule has 1 N–H and O–H groups in total. The second-order valence-corrected chi connectivity index (χ2v) is 6.35. The average Bonchev–Trinajstić information content (AvgIpc) is 2.44. The van der Waals surface area contributed by atoms with Crippen LogP contribution in [0, 0.1) is 5.92 Å². The van der Waals surface area contributed by atoms with Gasteiger partial charge < -0.3 is 10.1 Å². The third kappa shape index (κ3) is 5.43. The SMILES string of the molecule is CCCNC(CC1CCCCC1)C(C)(CC)OCC. The Morgan fingerprint density at radius 3 is 2.37 bits per heavy atom. The number of hydrogen-bond acceptors (Lipinski definition) is 2. The van der Waals surface area contributed by atoms with Crippen LogP contribution in [-0.4, -0.2) is 24.8 Å². The molecule has 0 heterocycles. The first kappa shape index (κ1) is 17.0. The lowest BCUT2D eigenvalue weighted by Crippen LogP contribution is -2.51. The maximum atomic E-state index is 6.12. The number of nitrogens with one attached hydrogen (secondary N) is 1. The van der Waals surface area contributed by atoms with Gasteiger partial charge in [-0.05, 0) is 45.6 Å². The fraction of sp³-hybridized carbons (Fsp3) is 1.00. The van der Waals surface area contributed by atoms with Crippen LogP contribution in [0.25, 0.3) is 0 Å². The standard InChI is InChI=1S/C17H35NO/c1-5-13-18-16(17(4,6-2)19-7-3)14-15-11-9-8-10-12-15/h15-16,18H,5-14H2,1-4H3. The van der Waals surface area contributed by atoms with E-state index in [9.17, 15) is 0 Å². The summed E-state index contributed by atoms with van der Waals surface area (Å²) in [6, 6.07) is 0.514. The van der Waals surface area contributed by atoms with Crippen molar-refractivity contribution in [2.75, 3.05) is 13.2 Å². The van der Waals surface area contributed by atoms with Gasteiger partial charge in [0.05, 0.1) is 5.60 Å². The number of hydrogen-bond donors (Lipinski definition) is 1. The van der Waals surface area contributed by atoms with Gasteiger partial charge in [-0.2, -0.15) is 0 Å². The monoisotopic (exact) mass is 269 g/mol. The Morgan fingerprint density at radius 2 is 1.84 bits per heavy atom. The van der Waals surface area contributed by atoms with Crippen LogP contribution in [0.15, 0.2) is 0 Å². The zero-order valence-corrected chi connectivity index (χ0v) is 13.6. The van der Waals surface area contributed by atoms with Crippen LogP contribution in [0.4, 0.5) is 0 Å². The van der Waals surface area contributed by atoms with Crippen molar-refractivity contribution in [3.63, 3.8) is 0 Å². The molecule has 0 bridgehead atoms. The van der Waals surface area contributed by atoms with Crippen molar-refractivity contribution < 1.29 is 4.74 Å². The van der Waals surface area contributed by atoms with Gasteiger partial charge in [0, 0.05) is 12.6 Å². The zero-order chi connectivity index (χ0) is 14.1. The molecule has 1 rings (SSSR count). The first-order valence-corrected chi connectivity index (χ1v) is 8.53. The van der Waals surface area contributed by atoms with Crippen LogP contribution in [0.3, 0.4) is 0 Å².